The lowest BCUT2D eigenvalue weighted by molar-refractivity contribution is 0.413. The molecule has 4 rings (SSSR count). The van der Waals surface area contributed by atoms with E-state index in [0.29, 0.717) is 28.7 Å². The van der Waals surface area contributed by atoms with Crippen LogP contribution in [0.25, 0.3) is 0 Å². The minimum Gasteiger partial charge on any atom is -0.457 e. The normalized spacial score (nSPS) is 11.1. The van der Waals surface area contributed by atoms with E-state index < -0.39 is 0 Å². The third-order valence-electron chi connectivity index (χ3n) is 4.86. The van der Waals surface area contributed by atoms with E-state index in [2.05, 4.69) is 26.8 Å². The van der Waals surface area contributed by atoms with Crippen molar-refractivity contribution in [3.05, 3.63) is 108 Å². The van der Waals surface area contributed by atoms with Gasteiger partial charge in [0.2, 0.25) is 0 Å². The highest BCUT2D eigenvalue weighted by molar-refractivity contribution is 5.49. The van der Waals surface area contributed by atoms with Gasteiger partial charge in [-0.2, -0.15) is 0 Å². The van der Waals surface area contributed by atoms with Gasteiger partial charge >= 0.3 is 0 Å². The zero-order chi connectivity index (χ0) is 22.6. The van der Waals surface area contributed by atoms with Crippen LogP contribution in [0.15, 0.2) is 97.1 Å². The highest BCUT2D eigenvalue weighted by Gasteiger charge is 2.18. The Hall–Kier alpha value is -3.79. The maximum atomic E-state index is 13.2. The number of para-hydroxylation sites is 1. The topological polar surface area (TPSA) is 27.7 Å². The summed E-state index contributed by atoms with van der Waals surface area (Å²) in [5.74, 6) is 3.40. The predicted octanol–water partition coefficient (Wildman–Crippen LogP) is 8.50. The molecule has 0 amide bonds. The van der Waals surface area contributed by atoms with Gasteiger partial charge in [-0.1, -0.05) is 51.1 Å². The van der Waals surface area contributed by atoms with E-state index in [1.165, 1.54) is 12.1 Å². The molecule has 0 bridgehead atoms. The molecule has 0 fully saturated rings. The minimum atomic E-state index is -0.306. The van der Waals surface area contributed by atoms with Crippen LogP contribution in [0.4, 0.5) is 4.39 Å². The standard InChI is InChI=1S/C28H25FO3/c1-28(2,3)20-12-17-26(31-22-8-5-4-6-9-22)27(18-20)32-25-11-7-10-24(19-25)30-23-15-13-21(29)14-16-23/h4-19H,1-3H3. The van der Waals surface area contributed by atoms with Crippen molar-refractivity contribution in [3.63, 3.8) is 0 Å². The fraction of sp³-hybridized carbons (Fsp3) is 0.143. The molecule has 4 aromatic carbocycles. The number of hydrogen-bond donors (Lipinski definition) is 0. The first-order chi connectivity index (χ1) is 15.4. The average molecular weight is 429 g/mol. The first-order valence-corrected chi connectivity index (χ1v) is 10.5. The lowest BCUT2D eigenvalue weighted by atomic mass is 9.87. The van der Waals surface area contributed by atoms with E-state index >= 15 is 0 Å². The molecule has 0 saturated carbocycles. The summed E-state index contributed by atoms with van der Waals surface area (Å²) in [7, 11) is 0. The molecular weight excluding hydrogens is 403 g/mol. The monoisotopic (exact) mass is 428 g/mol. The van der Waals surface area contributed by atoms with Crippen LogP contribution in [0.3, 0.4) is 0 Å². The molecule has 0 N–H and O–H groups in total. The largest absolute Gasteiger partial charge is 0.457 e. The Bertz CT molecular complexity index is 1180. The molecule has 0 aliphatic carbocycles. The molecule has 0 radical (unpaired) electrons. The van der Waals surface area contributed by atoms with Crippen molar-refractivity contribution >= 4 is 0 Å². The van der Waals surface area contributed by atoms with E-state index in [0.717, 1.165) is 11.3 Å². The average Bonchev–Trinajstić information content (AvgIpc) is 2.77. The van der Waals surface area contributed by atoms with E-state index in [4.69, 9.17) is 14.2 Å². The highest BCUT2D eigenvalue weighted by Crippen LogP contribution is 2.39. The van der Waals surface area contributed by atoms with Gasteiger partial charge in [0.15, 0.2) is 11.5 Å². The zero-order valence-electron chi connectivity index (χ0n) is 18.3. The Kier molecular flexibility index (Phi) is 6.13. The molecule has 0 heterocycles. The Morgan fingerprint density at radius 1 is 0.531 bits per heavy atom. The second-order valence-corrected chi connectivity index (χ2v) is 8.46. The van der Waals surface area contributed by atoms with Gasteiger partial charge in [-0.05, 0) is 71.6 Å². The van der Waals surface area contributed by atoms with Gasteiger partial charge in [-0.15, -0.1) is 0 Å². The summed E-state index contributed by atoms with van der Waals surface area (Å²) in [6, 6.07) is 28.8. The Morgan fingerprint density at radius 2 is 1.12 bits per heavy atom. The van der Waals surface area contributed by atoms with Crippen LogP contribution in [0.2, 0.25) is 0 Å². The molecule has 0 aromatic heterocycles. The van der Waals surface area contributed by atoms with Gasteiger partial charge in [0.1, 0.15) is 28.8 Å². The first-order valence-electron chi connectivity index (χ1n) is 10.5. The minimum absolute atomic E-state index is 0.0447. The van der Waals surface area contributed by atoms with Crippen molar-refractivity contribution in [1.29, 1.82) is 0 Å². The summed E-state index contributed by atoms with van der Waals surface area (Å²) in [6.45, 7) is 6.46. The van der Waals surface area contributed by atoms with Crippen molar-refractivity contribution in [3.8, 4) is 34.5 Å². The summed E-state index contributed by atoms with van der Waals surface area (Å²) in [5.41, 5.74) is 1.09. The quantitative estimate of drug-likeness (QED) is 0.308. The summed E-state index contributed by atoms with van der Waals surface area (Å²) < 4.78 is 31.3. The van der Waals surface area contributed by atoms with Crippen molar-refractivity contribution < 1.29 is 18.6 Å². The summed E-state index contributed by atoms with van der Waals surface area (Å²) in [6.07, 6.45) is 0. The molecule has 0 aliphatic heterocycles. The Labute approximate surface area is 188 Å². The maximum Gasteiger partial charge on any atom is 0.170 e. The van der Waals surface area contributed by atoms with Crippen molar-refractivity contribution in [1.82, 2.24) is 0 Å². The van der Waals surface area contributed by atoms with Crippen LogP contribution in [0.5, 0.6) is 34.5 Å². The zero-order valence-corrected chi connectivity index (χ0v) is 18.3. The fourth-order valence-corrected chi connectivity index (χ4v) is 3.12. The van der Waals surface area contributed by atoms with Crippen LogP contribution in [-0.2, 0) is 5.41 Å². The van der Waals surface area contributed by atoms with E-state index in [9.17, 15) is 4.39 Å². The van der Waals surface area contributed by atoms with Crippen LogP contribution >= 0.6 is 0 Å². The van der Waals surface area contributed by atoms with Crippen molar-refractivity contribution in [2.45, 2.75) is 26.2 Å². The van der Waals surface area contributed by atoms with Gasteiger partial charge < -0.3 is 14.2 Å². The molecule has 4 heteroatoms. The van der Waals surface area contributed by atoms with Gasteiger partial charge in [-0.3, -0.25) is 0 Å². The van der Waals surface area contributed by atoms with Gasteiger partial charge in [0.05, 0.1) is 0 Å². The molecular formula is C28H25FO3. The predicted molar refractivity (Wildman–Crippen MR) is 125 cm³/mol. The number of rotatable bonds is 6. The fourth-order valence-electron chi connectivity index (χ4n) is 3.12. The van der Waals surface area contributed by atoms with Crippen molar-refractivity contribution in [2.75, 3.05) is 0 Å². The summed E-state index contributed by atoms with van der Waals surface area (Å²) >= 11 is 0. The second kappa shape index (κ2) is 9.15. The summed E-state index contributed by atoms with van der Waals surface area (Å²) in [5, 5.41) is 0. The van der Waals surface area contributed by atoms with E-state index in [1.807, 2.05) is 60.7 Å². The number of ether oxygens (including phenoxy) is 3. The molecule has 0 spiro atoms. The second-order valence-electron chi connectivity index (χ2n) is 8.46. The summed E-state index contributed by atoms with van der Waals surface area (Å²) in [4.78, 5) is 0. The molecule has 32 heavy (non-hydrogen) atoms. The third kappa shape index (κ3) is 5.46. The maximum absolute atomic E-state index is 13.2. The Morgan fingerprint density at radius 3 is 1.81 bits per heavy atom. The Balaban J connectivity index is 1.62. The molecule has 0 aliphatic rings. The van der Waals surface area contributed by atoms with Gasteiger partial charge in [0.25, 0.3) is 0 Å². The van der Waals surface area contributed by atoms with E-state index in [-0.39, 0.29) is 11.2 Å². The first kappa shape index (κ1) is 21.4. The van der Waals surface area contributed by atoms with Crippen molar-refractivity contribution in [2.24, 2.45) is 0 Å². The lowest BCUT2D eigenvalue weighted by Crippen LogP contribution is -2.11. The number of hydrogen-bond acceptors (Lipinski definition) is 3. The SMILES string of the molecule is CC(C)(C)c1ccc(Oc2ccccc2)c(Oc2cccc(Oc3ccc(F)cc3)c2)c1. The highest BCUT2D eigenvalue weighted by atomic mass is 19.1. The number of benzene rings is 4. The van der Waals surface area contributed by atoms with Crippen LogP contribution in [-0.4, -0.2) is 0 Å². The van der Waals surface area contributed by atoms with Crippen LogP contribution < -0.4 is 14.2 Å². The molecule has 3 nitrogen and oxygen atoms in total. The molecule has 0 unspecified atom stereocenters. The van der Waals surface area contributed by atoms with Crippen LogP contribution in [0, 0.1) is 5.82 Å². The van der Waals surface area contributed by atoms with Gasteiger partial charge in [0, 0.05) is 6.07 Å². The molecule has 4 aromatic rings. The van der Waals surface area contributed by atoms with Crippen LogP contribution in [0.1, 0.15) is 26.3 Å². The molecule has 0 atom stereocenters. The molecule has 0 saturated heterocycles. The third-order valence-corrected chi connectivity index (χ3v) is 4.86. The number of halogens is 1. The van der Waals surface area contributed by atoms with E-state index in [1.54, 1.807) is 18.2 Å². The lowest BCUT2D eigenvalue weighted by Gasteiger charge is -2.21. The molecule has 162 valence electrons. The van der Waals surface area contributed by atoms with Gasteiger partial charge in [-0.25, -0.2) is 4.39 Å². The smallest absolute Gasteiger partial charge is 0.170 e.